The Bertz CT molecular complexity index is 1060. The molecule has 1 unspecified atom stereocenters. The Morgan fingerprint density at radius 1 is 1.09 bits per heavy atom. The number of aromatic nitrogens is 2. The van der Waals surface area contributed by atoms with Crippen LogP contribution in [0.25, 0.3) is 0 Å². The third-order valence-corrected chi connectivity index (χ3v) is 6.41. The van der Waals surface area contributed by atoms with Crippen LogP contribution in [0, 0.1) is 5.82 Å². The van der Waals surface area contributed by atoms with Crippen molar-refractivity contribution in [2.75, 3.05) is 25.0 Å². The van der Waals surface area contributed by atoms with Crippen LogP contribution < -0.4 is 10.6 Å². The molecule has 2 aromatic carbocycles. The van der Waals surface area contributed by atoms with Gasteiger partial charge in [-0.25, -0.2) is 9.18 Å². The van der Waals surface area contributed by atoms with Crippen molar-refractivity contribution in [1.82, 2.24) is 20.4 Å². The Kier molecular flexibility index (Phi) is 7.06. The Morgan fingerprint density at radius 3 is 2.66 bits per heavy atom. The first-order chi connectivity index (χ1) is 15.6. The lowest BCUT2D eigenvalue weighted by molar-refractivity contribution is 0.102. The fourth-order valence-electron chi connectivity index (χ4n) is 3.64. The fourth-order valence-corrected chi connectivity index (χ4v) is 4.51. The lowest BCUT2D eigenvalue weighted by Crippen LogP contribution is -2.45. The molecule has 0 spiro atoms. The van der Waals surface area contributed by atoms with Gasteiger partial charge in [0.2, 0.25) is 5.01 Å². The second-order valence-electron chi connectivity index (χ2n) is 7.66. The van der Waals surface area contributed by atoms with Gasteiger partial charge in [0.25, 0.3) is 5.91 Å². The monoisotopic (exact) mass is 453 g/mol. The molecule has 0 radical (unpaired) electrons. The van der Waals surface area contributed by atoms with E-state index in [2.05, 4.69) is 20.8 Å². The largest absolute Gasteiger partial charge is 0.338 e. The number of likely N-dealkylation sites (tertiary alicyclic amines) is 1. The number of hydrogen-bond acceptors (Lipinski definition) is 5. The average molecular weight is 454 g/mol. The smallest absolute Gasteiger partial charge is 0.317 e. The summed E-state index contributed by atoms with van der Waals surface area (Å²) < 4.78 is 13.0. The van der Waals surface area contributed by atoms with Crippen molar-refractivity contribution in [3.05, 3.63) is 76.0 Å². The molecule has 1 aliphatic rings. The average Bonchev–Trinajstić information content (AvgIpc) is 3.32. The first kappa shape index (κ1) is 21.9. The van der Waals surface area contributed by atoms with Crippen LogP contribution in [-0.2, 0) is 6.42 Å². The molecule has 2 heterocycles. The maximum Gasteiger partial charge on any atom is 0.317 e. The molecule has 4 rings (SSSR count). The predicted octanol–water partition coefficient (Wildman–Crippen LogP) is 4.06. The summed E-state index contributed by atoms with van der Waals surface area (Å²) in [6.07, 6.45) is 2.54. The first-order valence-corrected chi connectivity index (χ1v) is 11.4. The van der Waals surface area contributed by atoms with Gasteiger partial charge in [-0.1, -0.05) is 41.7 Å². The van der Waals surface area contributed by atoms with Gasteiger partial charge in [-0.15, -0.1) is 10.2 Å². The van der Waals surface area contributed by atoms with Gasteiger partial charge >= 0.3 is 6.03 Å². The molecule has 1 fully saturated rings. The number of rotatable bonds is 6. The van der Waals surface area contributed by atoms with Crippen molar-refractivity contribution in [3.8, 4) is 0 Å². The number of halogens is 1. The quantitative estimate of drug-likeness (QED) is 0.589. The van der Waals surface area contributed by atoms with Crippen molar-refractivity contribution >= 4 is 29.0 Å². The van der Waals surface area contributed by atoms with Crippen molar-refractivity contribution in [3.63, 3.8) is 0 Å². The number of benzene rings is 2. The minimum atomic E-state index is -0.383. The molecule has 166 valence electrons. The van der Waals surface area contributed by atoms with E-state index in [9.17, 15) is 14.0 Å². The summed E-state index contributed by atoms with van der Waals surface area (Å²) in [6, 6.07) is 15.5. The summed E-state index contributed by atoms with van der Waals surface area (Å²) in [5, 5.41) is 14.9. The highest BCUT2D eigenvalue weighted by Gasteiger charge is 2.28. The van der Waals surface area contributed by atoms with Crippen LogP contribution in [0.4, 0.5) is 14.9 Å². The zero-order valence-electron chi connectivity index (χ0n) is 17.5. The van der Waals surface area contributed by atoms with E-state index in [1.807, 2.05) is 30.3 Å². The molecule has 7 nitrogen and oxygen atoms in total. The molecule has 0 aliphatic carbocycles. The van der Waals surface area contributed by atoms with Gasteiger partial charge in [-0.05, 0) is 49.1 Å². The van der Waals surface area contributed by atoms with E-state index < -0.39 is 0 Å². The molecule has 9 heteroatoms. The summed E-state index contributed by atoms with van der Waals surface area (Å²) in [6.45, 7) is 1.83. The Morgan fingerprint density at radius 2 is 1.88 bits per heavy atom. The lowest BCUT2D eigenvalue weighted by atomic mass is 9.99. The number of piperidine rings is 1. The zero-order valence-corrected chi connectivity index (χ0v) is 18.3. The molecule has 1 atom stereocenters. The SMILES string of the molecule is O=C(Nc1ccc(F)cc1)c1nnc(C2CCCN(C(=O)NCCc3ccccc3)C2)s1. The highest BCUT2D eigenvalue weighted by Crippen LogP contribution is 2.29. The summed E-state index contributed by atoms with van der Waals surface area (Å²) >= 11 is 1.23. The van der Waals surface area contributed by atoms with Gasteiger partial charge in [0.1, 0.15) is 10.8 Å². The van der Waals surface area contributed by atoms with E-state index in [4.69, 9.17) is 0 Å². The van der Waals surface area contributed by atoms with Crippen molar-refractivity contribution in [1.29, 1.82) is 0 Å². The fraction of sp³-hybridized carbons (Fsp3) is 0.304. The molecule has 32 heavy (non-hydrogen) atoms. The van der Waals surface area contributed by atoms with E-state index in [0.29, 0.717) is 25.3 Å². The molecule has 0 bridgehead atoms. The lowest BCUT2D eigenvalue weighted by Gasteiger charge is -2.31. The van der Waals surface area contributed by atoms with E-state index >= 15 is 0 Å². The minimum absolute atomic E-state index is 0.0495. The molecule has 1 aliphatic heterocycles. The van der Waals surface area contributed by atoms with Crippen LogP contribution in [0.15, 0.2) is 54.6 Å². The standard InChI is InChI=1S/C23H24FN5O2S/c24-18-8-10-19(11-9-18)26-20(30)22-28-27-21(32-22)17-7-4-14-29(15-17)23(31)25-13-12-16-5-2-1-3-6-16/h1-3,5-6,8-11,17H,4,7,12-15H2,(H,25,31)(H,26,30). The van der Waals surface area contributed by atoms with Gasteiger partial charge < -0.3 is 15.5 Å². The van der Waals surface area contributed by atoms with Crippen LogP contribution in [0.3, 0.4) is 0 Å². The summed E-state index contributed by atoms with van der Waals surface area (Å²) in [7, 11) is 0. The normalized spacial score (nSPS) is 15.9. The Hall–Kier alpha value is -3.33. The summed E-state index contributed by atoms with van der Waals surface area (Å²) in [5.74, 6) is -0.702. The van der Waals surface area contributed by atoms with Gasteiger partial charge in [0, 0.05) is 31.2 Å². The number of hydrogen-bond donors (Lipinski definition) is 2. The van der Waals surface area contributed by atoms with E-state index in [-0.39, 0.29) is 28.7 Å². The number of urea groups is 1. The number of nitrogens with one attached hydrogen (secondary N) is 2. The van der Waals surface area contributed by atoms with E-state index in [1.54, 1.807) is 4.90 Å². The van der Waals surface area contributed by atoms with Crippen molar-refractivity contribution in [2.45, 2.75) is 25.2 Å². The molecular formula is C23H24FN5O2S. The second kappa shape index (κ2) is 10.3. The van der Waals surface area contributed by atoms with Gasteiger partial charge in [0.05, 0.1) is 0 Å². The third-order valence-electron chi connectivity index (χ3n) is 5.33. The number of anilines is 1. The maximum absolute atomic E-state index is 13.0. The van der Waals surface area contributed by atoms with Gasteiger partial charge in [0.15, 0.2) is 0 Å². The van der Waals surface area contributed by atoms with Crippen LogP contribution >= 0.6 is 11.3 Å². The Labute approximate surface area is 189 Å². The molecule has 0 saturated carbocycles. The van der Waals surface area contributed by atoms with Crippen LogP contribution in [0.5, 0.6) is 0 Å². The summed E-state index contributed by atoms with van der Waals surface area (Å²) in [5.41, 5.74) is 1.67. The number of nitrogens with zero attached hydrogens (tertiary/aromatic N) is 3. The number of carbonyl (C=O) groups excluding carboxylic acids is 2. The minimum Gasteiger partial charge on any atom is -0.338 e. The van der Waals surface area contributed by atoms with Crippen LogP contribution in [0.1, 0.15) is 39.1 Å². The molecule has 3 aromatic rings. The third kappa shape index (κ3) is 5.67. The topological polar surface area (TPSA) is 87.2 Å². The molecule has 1 aromatic heterocycles. The number of carbonyl (C=O) groups is 2. The van der Waals surface area contributed by atoms with Crippen LogP contribution in [0.2, 0.25) is 0 Å². The van der Waals surface area contributed by atoms with Crippen molar-refractivity contribution < 1.29 is 14.0 Å². The molecule has 1 saturated heterocycles. The zero-order chi connectivity index (χ0) is 22.3. The molecule has 3 amide bonds. The second-order valence-corrected chi connectivity index (χ2v) is 8.67. The Balaban J connectivity index is 1.30. The first-order valence-electron chi connectivity index (χ1n) is 10.6. The molecular weight excluding hydrogens is 429 g/mol. The van der Waals surface area contributed by atoms with Crippen LogP contribution in [-0.4, -0.2) is 46.7 Å². The van der Waals surface area contributed by atoms with E-state index in [1.165, 1.54) is 41.2 Å². The highest BCUT2D eigenvalue weighted by atomic mass is 32.1. The summed E-state index contributed by atoms with van der Waals surface area (Å²) in [4.78, 5) is 26.8. The highest BCUT2D eigenvalue weighted by molar-refractivity contribution is 7.13. The van der Waals surface area contributed by atoms with E-state index in [0.717, 1.165) is 24.3 Å². The van der Waals surface area contributed by atoms with Gasteiger partial charge in [-0.3, -0.25) is 4.79 Å². The predicted molar refractivity (Wildman–Crippen MR) is 121 cm³/mol. The maximum atomic E-state index is 13.0. The molecule has 2 N–H and O–H groups in total. The van der Waals surface area contributed by atoms with Crippen molar-refractivity contribution in [2.24, 2.45) is 0 Å². The number of amides is 3. The van der Waals surface area contributed by atoms with Gasteiger partial charge in [-0.2, -0.15) is 0 Å².